The summed E-state index contributed by atoms with van der Waals surface area (Å²) in [5.74, 6) is 0.591. The van der Waals surface area contributed by atoms with Crippen LogP contribution in [0.25, 0.3) is 11.3 Å². The average Bonchev–Trinajstić information content (AvgIpc) is 2.93. The summed E-state index contributed by atoms with van der Waals surface area (Å²) in [6.45, 7) is 3.92. The number of hydrogen-bond acceptors (Lipinski definition) is 8. The van der Waals surface area contributed by atoms with Crippen LogP contribution in [0.15, 0.2) is 60.8 Å². The fraction of sp³-hybridized carbons (Fsp3) is 0.357. The second-order valence-corrected chi connectivity index (χ2v) is 9.41. The van der Waals surface area contributed by atoms with Crippen molar-refractivity contribution in [1.82, 2.24) is 19.8 Å². The third kappa shape index (κ3) is 7.50. The number of benzene rings is 2. The van der Waals surface area contributed by atoms with E-state index in [4.69, 9.17) is 4.74 Å². The molecule has 0 unspecified atom stereocenters. The number of rotatable bonds is 10. The number of ether oxygens (including phenoxy) is 1. The SMILES string of the molecule is COCCC(=O)Nc1ccc(-c2ccnc(Nc3ccc(N4CCN(C(=O)CN(C)C)CC4)cc3)n2)cc1. The number of carbonyl (C=O) groups is 2. The molecular weight excluding hydrogens is 482 g/mol. The molecule has 0 aliphatic carbocycles. The van der Waals surface area contributed by atoms with Crippen LogP contribution in [0.1, 0.15) is 6.42 Å². The molecule has 1 fully saturated rings. The van der Waals surface area contributed by atoms with Crippen molar-refractivity contribution >= 4 is 34.8 Å². The minimum Gasteiger partial charge on any atom is -0.384 e. The Hall–Kier alpha value is -4.02. The van der Waals surface area contributed by atoms with Gasteiger partial charge in [0.25, 0.3) is 0 Å². The lowest BCUT2D eigenvalue weighted by atomic mass is 10.1. The van der Waals surface area contributed by atoms with Crippen LogP contribution in [-0.4, -0.2) is 92.1 Å². The molecule has 3 aromatic rings. The zero-order valence-electron chi connectivity index (χ0n) is 22.2. The first-order valence-corrected chi connectivity index (χ1v) is 12.7. The van der Waals surface area contributed by atoms with Gasteiger partial charge in [-0.1, -0.05) is 12.1 Å². The maximum Gasteiger partial charge on any atom is 0.236 e. The highest BCUT2D eigenvalue weighted by molar-refractivity contribution is 5.91. The lowest BCUT2D eigenvalue weighted by Crippen LogP contribution is -2.50. The normalized spacial score (nSPS) is 13.5. The molecule has 1 aliphatic rings. The van der Waals surface area contributed by atoms with E-state index >= 15 is 0 Å². The molecule has 4 rings (SSSR count). The highest BCUT2D eigenvalue weighted by Gasteiger charge is 2.21. The van der Waals surface area contributed by atoms with Crippen molar-refractivity contribution in [1.29, 1.82) is 0 Å². The van der Waals surface area contributed by atoms with E-state index in [1.807, 2.05) is 66.4 Å². The Balaban J connectivity index is 1.32. The second-order valence-electron chi connectivity index (χ2n) is 9.41. The Bertz CT molecular complexity index is 1210. The minimum atomic E-state index is -0.0866. The molecule has 10 heteroatoms. The van der Waals surface area contributed by atoms with E-state index in [0.717, 1.165) is 54.5 Å². The van der Waals surface area contributed by atoms with E-state index in [0.29, 0.717) is 25.5 Å². The fourth-order valence-corrected chi connectivity index (χ4v) is 4.19. The number of likely N-dealkylation sites (N-methyl/N-ethyl adjacent to an activating group) is 1. The van der Waals surface area contributed by atoms with Gasteiger partial charge in [0.15, 0.2) is 0 Å². The summed E-state index contributed by atoms with van der Waals surface area (Å²) in [7, 11) is 5.40. The van der Waals surface area contributed by atoms with E-state index < -0.39 is 0 Å². The predicted molar refractivity (Wildman–Crippen MR) is 150 cm³/mol. The molecule has 2 aromatic carbocycles. The Kier molecular flexibility index (Phi) is 9.23. The van der Waals surface area contributed by atoms with Crippen LogP contribution >= 0.6 is 0 Å². The number of aromatic nitrogens is 2. The first kappa shape index (κ1) is 27.0. The van der Waals surface area contributed by atoms with Crippen molar-refractivity contribution in [2.45, 2.75) is 6.42 Å². The highest BCUT2D eigenvalue weighted by atomic mass is 16.5. The standard InChI is InChI=1S/C28H35N7O3/c1-33(2)20-27(37)35-17-15-34(16-18-35)24-10-8-23(9-11-24)31-28-29-14-12-25(32-28)21-4-6-22(7-5-21)30-26(36)13-19-38-3/h4-12,14H,13,15-20H2,1-3H3,(H,30,36)(H,29,31,32). The molecule has 2 heterocycles. The van der Waals surface area contributed by atoms with E-state index in [2.05, 4.69) is 37.6 Å². The Morgan fingerprint density at radius 2 is 1.63 bits per heavy atom. The van der Waals surface area contributed by atoms with Crippen LogP contribution in [-0.2, 0) is 14.3 Å². The number of nitrogens with zero attached hydrogens (tertiary/aromatic N) is 5. The summed E-state index contributed by atoms with van der Waals surface area (Å²) in [4.78, 5) is 39.3. The quantitative estimate of drug-likeness (QED) is 0.423. The van der Waals surface area contributed by atoms with Crippen molar-refractivity contribution in [3.8, 4) is 11.3 Å². The Morgan fingerprint density at radius 1 is 0.947 bits per heavy atom. The third-order valence-electron chi connectivity index (χ3n) is 6.23. The zero-order valence-corrected chi connectivity index (χ0v) is 22.2. The van der Waals surface area contributed by atoms with Gasteiger partial charge in [-0.25, -0.2) is 9.97 Å². The van der Waals surface area contributed by atoms with Crippen molar-refractivity contribution in [2.75, 3.05) is 76.1 Å². The van der Waals surface area contributed by atoms with Crippen LogP contribution in [0.5, 0.6) is 0 Å². The summed E-state index contributed by atoms with van der Waals surface area (Å²) >= 11 is 0. The van der Waals surface area contributed by atoms with E-state index in [9.17, 15) is 9.59 Å². The molecule has 0 bridgehead atoms. The van der Waals surface area contributed by atoms with Gasteiger partial charge < -0.3 is 30.1 Å². The number of nitrogens with one attached hydrogen (secondary N) is 2. The molecule has 10 nitrogen and oxygen atoms in total. The molecule has 1 saturated heterocycles. The van der Waals surface area contributed by atoms with Gasteiger partial charge in [0.1, 0.15) is 0 Å². The number of anilines is 4. The molecule has 1 aromatic heterocycles. The molecule has 200 valence electrons. The highest BCUT2D eigenvalue weighted by Crippen LogP contribution is 2.24. The largest absolute Gasteiger partial charge is 0.384 e. The molecule has 2 N–H and O–H groups in total. The predicted octanol–water partition coefficient (Wildman–Crippen LogP) is 3.07. The van der Waals surface area contributed by atoms with Gasteiger partial charge in [-0.05, 0) is 56.6 Å². The molecule has 38 heavy (non-hydrogen) atoms. The van der Waals surface area contributed by atoms with Crippen LogP contribution < -0.4 is 15.5 Å². The van der Waals surface area contributed by atoms with Gasteiger partial charge in [0, 0.05) is 62.1 Å². The smallest absolute Gasteiger partial charge is 0.236 e. The van der Waals surface area contributed by atoms with Gasteiger partial charge >= 0.3 is 0 Å². The average molecular weight is 518 g/mol. The van der Waals surface area contributed by atoms with Gasteiger partial charge in [-0.2, -0.15) is 0 Å². The summed E-state index contributed by atoms with van der Waals surface area (Å²) in [5.41, 5.74) is 4.44. The molecule has 0 saturated carbocycles. The van der Waals surface area contributed by atoms with Crippen LogP contribution in [0.3, 0.4) is 0 Å². The van der Waals surface area contributed by atoms with Crippen LogP contribution in [0, 0.1) is 0 Å². The fourth-order valence-electron chi connectivity index (χ4n) is 4.19. The maximum atomic E-state index is 12.3. The minimum absolute atomic E-state index is 0.0866. The maximum absolute atomic E-state index is 12.3. The molecule has 2 amide bonds. The molecule has 0 radical (unpaired) electrons. The number of amides is 2. The van der Waals surface area contributed by atoms with Gasteiger partial charge in [0.05, 0.1) is 25.3 Å². The molecule has 1 aliphatic heterocycles. The van der Waals surface area contributed by atoms with E-state index in [-0.39, 0.29) is 11.8 Å². The van der Waals surface area contributed by atoms with E-state index in [1.54, 1.807) is 13.3 Å². The lowest BCUT2D eigenvalue weighted by Gasteiger charge is -2.36. The number of hydrogen-bond donors (Lipinski definition) is 2. The molecule has 0 spiro atoms. The summed E-state index contributed by atoms with van der Waals surface area (Å²) in [5, 5.41) is 6.13. The summed E-state index contributed by atoms with van der Waals surface area (Å²) in [6, 6.07) is 17.6. The lowest BCUT2D eigenvalue weighted by molar-refractivity contribution is -0.132. The zero-order chi connectivity index (χ0) is 26.9. The first-order chi connectivity index (χ1) is 18.4. The van der Waals surface area contributed by atoms with Crippen molar-refractivity contribution in [2.24, 2.45) is 0 Å². The van der Waals surface area contributed by atoms with Crippen molar-refractivity contribution in [3.63, 3.8) is 0 Å². The Morgan fingerprint density at radius 3 is 2.29 bits per heavy atom. The topological polar surface area (TPSA) is 103 Å². The second kappa shape index (κ2) is 13.0. The van der Waals surface area contributed by atoms with Gasteiger partial charge in [-0.3, -0.25) is 9.59 Å². The van der Waals surface area contributed by atoms with Crippen LogP contribution in [0.2, 0.25) is 0 Å². The van der Waals surface area contributed by atoms with Gasteiger partial charge in [-0.15, -0.1) is 0 Å². The van der Waals surface area contributed by atoms with Crippen molar-refractivity contribution < 1.29 is 14.3 Å². The van der Waals surface area contributed by atoms with Crippen molar-refractivity contribution in [3.05, 3.63) is 60.8 Å². The molecule has 0 atom stereocenters. The Labute approximate surface area is 223 Å². The van der Waals surface area contributed by atoms with E-state index in [1.165, 1.54) is 0 Å². The van der Waals surface area contributed by atoms with Crippen LogP contribution in [0.4, 0.5) is 23.0 Å². The summed E-state index contributed by atoms with van der Waals surface area (Å²) in [6.07, 6.45) is 2.03. The monoisotopic (exact) mass is 517 g/mol. The summed E-state index contributed by atoms with van der Waals surface area (Å²) < 4.78 is 4.94. The van der Waals surface area contributed by atoms with Gasteiger partial charge in [0.2, 0.25) is 17.8 Å². The number of methoxy groups -OCH3 is 1. The number of piperazine rings is 1. The first-order valence-electron chi connectivity index (χ1n) is 12.7. The number of carbonyl (C=O) groups excluding carboxylic acids is 2. The third-order valence-corrected chi connectivity index (χ3v) is 6.23. The molecular formula is C28H35N7O3.